The zero-order valence-corrected chi connectivity index (χ0v) is 21.4. The third-order valence-corrected chi connectivity index (χ3v) is 7.00. The fraction of sp³-hybridized carbons (Fsp3) is 0.692. The number of rotatable bonds is 4. The van der Waals surface area contributed by atoms with Crippen LogP contribution in [0.5, 0.6) is 0 Å². The van der Waals surface area contributed by atoms with E-state index < -0.39 is 23.6 Å². The molecule has 2 N–H and O–H groups in total. The Morgan fingerprint density at radius 2 is 1.59 bits per heavy atom. The van der Waals surface area contributed by atoms with E-state index in [1.54, 1.807) is 9.80 Å². The first-order valence-corrected chi connectivity index (χ1v) is 12.2. The summed E-state index contributed by atoms with van der Waals surface area (Å²) in [7, 11) is 0. The van der Waals surface area contributed by atoms with Crippen LogP contribution in [0.15, 0.2) is 18.2 Å². The lowest BCUT2D eigenvalue weighted by Gasteiger charge is -2.38. The lowest BCUT2D eigenvalue weighted by Crippen LogP contribution is -2.56. The third-order valence-electron chi connectivity index (χ3n) is 7.00. The molecule has 190 valence electrons. The van der Waals surface area contributed by atoms with Gasteiger partial charge >= 0.3 is 0 Å². The lowest BCUT2D eigenvalue weighted by atomic mass is 9.87. The van der Waals surface area contributed by atoms with Crippen LogP contribution in [-0.4, -0.2) is 77.4 Å². The molecule has 0 saturated carbocycles. The van der Waals surface area contributed by atoms with Crippen LogP contribution < -0.4 is 5.73 Å². The van der Waals surface area contributed by atoms with E-state index in [1.807, 2.05) is 0 Å². The number of likely N-dealkylation sites (tertiary alicyclic amines) is 1. The van der Waals surface area contributed by atoms with Gasteiger partial charge in [-0.25, -0.2) is 8.78 Å². The SMILES string of the molecule is CC(C)(C)C[C@H](N)C(=O)N1CCN(C(=O)[C@@H]2CN(C(C)(C)C)C[C@H]2c2ccc(F)cc2F)CC1. The number of halogens is 2. The van der Waals surface area contributed by atoms with Gasteiger partial charge in [0, 0.05) is 56.8 Å². The number of piperazine rings is 1. The third kappa shape index (κ3) is 6.13. The molecule has 2 amide bonds. The van der Waals surface area contributed by atoms with Crippen molar-refractivity contribution in [2.45, 2.75) is 65.5 Å². The number of hydrogen-bond donors (Lipinski definition) is 1. The number of nitrogens with two attached hydrogens (primary N) is 1. The minimum Gasteiger partial charge on any atom is -0.339 e. The molecule has 0 aromatic heterocycles. The van der Waals surface area contributed by atoms with Gasteiger partial charge in [0.2, 0.25) is 11.8 Å². The molecule has 2 saturated heterocycles. The van der Waals surface area contributed by atoms with E-state index in [-0.39, 0.29) is 28.7 Å². The Hall–Kier alpha value is -2.06. The Morgan fingerprint density at radius 3 is 2.12 bits per heavy atom. The van der Waals surface area contributed by atoms with E-state index in [0.717, 1.165) is 6.07 Å². The molecule has 6 nitrogen and oxygen atoms in total. The van der Waals surface area contributed by atoms with E-state index in [2.05, 4.69) is 46.4 Å². The van der Waals surface area contributed by atoms with Crippen LogP contribution in [0.1, 0.15) is 59.4 Å². The van der Waals surface area contributed by atoms with Crippen molar-refractivity contribution in [3.63, 3.8) is 0 Å². The maximum absolute atomic E-state index is 14.7. The van der Waals surface area contributed by atoms with Gasteiger partial charge in [-0.3, -0.25) is 14.5 Å². The van der Waals surface area contributed by atoms with E-state index in [9.17, 15) is 18.4 Å². The van der Waals surface area contributed by atoms with Gasteiger partial charge < -0.3 is 15.5 Å². The van der Waals surface area contributed by atoms with Gasteiger partial charge in [0.05, 0.1) is 12.0 Å². The van der Waals surface area contributed by atoms with Gasteiger partial charge in [-0.15, -0.1) is 0 Å². The number of amides is 2. The molecule has 2 aliphatic rings. The first-order valence-electron chi connectivity index (χ1n) is 12.2. The minimum atomic E-state index is -0.625. The Labute approximate surface area is 202 Å². The summed E-state index contributed by atoms with van der Waals surface area (Å²) in [6.45, 7) is 15.2. The molecule has 0 unspecified atom stereocenters. The quantitative estimate of drug-likeness (QED) is 0.722. The molecular weight excluding hydrogens is 438 g/mol. The molecule has 0 bridgehead atoms. The maximum atomic E-state index is 14.7. The van der Waals surface area contributed by atoms with Gasteiger partial charge in [-0.2, -0.15) is 0 Å². The van der Waals surface area contributed by atoms with E-state index in [0.29, 0.717) is 51.3 Å². The highest BCUT2D eigenvalue weighted by Crippen LogP contribution is 2.38. The van der Waals surface area contributed by atoms with E-state index in [1.165, 1.54) is 12.1 Å². The molecule has 1 aromatic carbocycles. The molecule has 2 aliphatic heterocycles. The summed E-state index contributed by atoms with van der Waals surface area (Å²) in [5, 5.41) is 0. The van der Waals surface area contributed by atoms with Crippen molar-refractivity contribution in [2.75, 3.05) is 39.3 Å². The Balaban J connectivity index is 1.71. The smallest absolute Gasteiger partial charge is 0.239 e. The molecule has 8 heteroatoms. The van der Waals surface area contributed by atoms with Gasteiger partial charge in [0.15, 0.2) is 0 Å². The van der Waals surface area contributed by atoms with Crippen LogP contribution in [-0.2, 0) is 9.59 Å². The van der Waals surface area contributed by atoms with Crippen LogP contribution in [0.25, 0.3) is 0 Å². The number of carbonyl (C=O) groups excluding carboxylic acids is 2. The molecule has 0 radical (unpaired) electrons. The van der Waals surface area contributed by atoms with Crippen LogP contribution in [0, 0.1) is 23.0 Å². The van der Waals surface area contributed by atoms with Crippen molar-refractivity contribution in [3.05, 3.63) is 35.4 Å². The van der Waals surface area contributed by atoms with Crippen molar-refractivity contribution in [2.24, 2.45) is 17.1 Å². The van der Waals surface area contributed by atoms with Gasteiger partial charge in [-0.1, -0.05) is 26.8 Å². The minimum absolute atomic E-state index is 0.0356. The fourth-order valence-corrected chi connectivity index (χ4v) is 5.08. The molecule has 3 rings (SSSR count). The van der Waals surface area contributed by atoms with Crippen molar-refractivity contribution < 1.29 is 18.4 Å². The first-order chi connectivity index (χ1) is 15.7. The van der Waals surface area contributed by atoms with Crippen LogP contribution >= 0.6 is 0 Å². The summed E-state index contributed by atoms with van der Waals surface area (Å²) in [5.41, 5.74) is 6.31. The number of carbonyl (C=O) groups is 2. The van der Waals surface area contributed by atoms with Crippen molar-refractivity contribution >= 4 is 11.8 Å². The van der Waals surface area contributed by atoms with Gasteiger partial charge in [0.25, 0.3) is 0 Å². The second-order valence-corrected chi connectivity index (χ2v) is 12.0. The standard InChI is InChI=1S/C26H40F2N4O2/c1-25(2,3)14-22(29)24(34)31-11-9-30(10-12-31)23(33)20-16-32(26(4,5)6)15-19(20)18-8-7-17(27)13-21(18)28/h7-8,13,19-20,22H,9-12,14-16,29H2,1-6H3/t19-,20+,22-/m0/s1. The van der Waals surface area contributed by atoms with Crippen LogP contribution in [0.2, 0.25) is 0 Å². The van der Waals surface area contributed by atoms with Crippen molar-refractivity contribution in [1.82, 2.24) is 14.7 Å². The van der Waals surface area contributed by atoms with Crippen LogP contribution in [0.3, 0.4) is 0 Å². The predicted molar refractivity (Wildman–Crippen MR) is 129 cm³/mol. The number of benzene rings is 1. The number of hydrogen-bond acceptors (Lipinski definition) is 4. The molecule has 0 spiro atoms. The normalized spacial score (nSPS) is 23.3. The highest BCUT2D eigenvalue weighted by atomic mass is 19.1. The summed E-state index contributed by atoms with van der Waals surface area (Å²) >= 11 is 0. The molecule has 2 fully saturated rings. The van der Waals surface area contributed by atoms with Crippen molar-refractivity contribution in [1.29, 1.82) is 0 Å². The lowest BCUT2D eigenvalue weighted by molar-refractivity contribution is -0.143. The fourth-order valence-electron chi connectivity index (χ4n) is 5.08. The second-order valence-electron chi connectivity index (χ2n) is 12.0. The Kier molecular flexibility index (Phi) is 7.73. The molecule has 2 heterocycles. The average Bonchev–Trinajstić information content (AvgIpc) is 3.17. The molecule has 3 atom stereocenters. The average molecular weight is 479 g/mol. The Morgan fingerprint density at radius 1 is 1.00 bits per heavy atom. The summed E-state index contributed by atoms with van der Waals surface area (Å²) in [5.74, 6) is -2.13. The highest BCUT2D eigenvalue weighted by Gasteiger charge is 2.45. The highest BCUT2D eigenvalue weighted by molar-refractivity contribution is 5.83. The Bertz CT molecular complexity index is 901. The predicted octanol–water partition coefficient (Wildman–Crippen LogP) is 3.21. The first kappa shape index (κ1) is 26.5. The van der Waals surface area contributed by atoms with E-state index in [4.69, 9.17) is 5.73 Å². The summed E-state index contributed by atoms with van der Waals surface area (Å²) in [6, 6.07) is 3.06. The topological polar surface area (TPSA) is 69.9 Å². The number of nitrogens with zero attached hydrogens (tertiary/aromatic N) is 3. The summed E-state index contributed by atoms with van der Waals surface area (Å²) in [6.07, 6.45) is 0.598. The van der Waals surface area contributed by atoms with Gasteiger partial charge in [0.1, 0.15) is 11.6 Å². The summed E-state index contributed by atoms with van der Waals surface area (Å²) < 4.78 is 28.2. The molecular formula is C26H40F2N4O2. The van der Waals surface area contributed by atoms with Crippen LogP contribution in [0.4, 0.5) is 8.78 Å². The van der Waals surface area contributed by atoms with Gasteiger partial charge in [-0.05, 0) is 44.2 Å². The maximum Gasteiger partial charge on any atom is 0.239 e. The zero-order valence-electron chi connectivity index (χ0n) is 21.4. The summed E-state index contributed by atoms with van der Waals surface area (Å²) in [4.78, 5) is 32.1. The molecule has 0 aliphatic carbocycles. The van der Waals surface area contributed by atoms with Crippen molar-refractivity contribution in [3.8, 4) is 0 Å². The zero-order chi connectivity index (χ0) is 25.4. The monoisotopic (exact) mass is 478 g/mol. The van der Waals surface area contributed by atoms with E-state index >= 15 is 0 Å². The largest absolute Gasteiger partial charge is 0.339 e. The molecule has 1 aromatic rings. The molecule has 34 heavy (non-hydrogen) atoms. The second kappa shape index (κ2) is 9.90.